The first kappa shape index (κ1) is 9.36. The van der Waals surface area contributed by atoms with Crippen molar-refractivity contribution in [2.75, 3.05) is 0 Å². The van der Waals surface area contributed by atoms with E-state index in [-0.39, 0.29) is 5.70 Å². The standard InChI is InChI=1S/C8H9NO2/c1-3-5-6-7-8(4-2)9(10)11/h3-7H,1-2H2/b6-5+,8-7+. The van der Waals surface area contributed by atoms with Gasteiger partial charge in [0.25, 0.3) is 5.70 Å². The number of rotatable bonds is 4. The lowest BCUT2D eigenvalue weighted by Gasteiger charge is -1.85. The van der Waals surface area contributed by atoms with Crippen molar-refractivity contribution >= 4 is 0 Å². The molecule has 0 saturated carbocycles. The molecule has 11 heavy (non-hydrogen) atoms. The summed E-state index contributed by atoms with van der Waals surface area (Å²) in [6, 6.07) is 0. The van der Waals surface area contributed by atoms with Crippen LogP contribution in [0, 0.1) is 10.1 Å². The monoisotopic (exact) mass is 151 g/mol. The molecular formula is C8H9NO2. The third kappa shape index (κ3) is 3.86. The van der Waals surface area contributed by atoms with E-state index in [9.17, 15) is 10.1 Å². The third-order valence-corrected chi connectivity index (χ3v) is 0.934. The predicted octanol–water partition coefficient (Wildman–Crippen LogP) is 2.08. The maximum atomic E-state index is 10.1. The van der Waals surface area contributed by atoms with E-state index in [4.69, 9.17) is 0 Å². The Bertz CT molecular complexity index is 226. The fourth-order valence-electron chi connectivity index (χ4n) is 0.436. The van der Waals surface area contributed by atoms with Gasteiger partial charge in [-0.25, -0.2) is 0 Å². The van der Waals surface area contributed by atoms with Crippen molar-refractivity contribution in [1.82, 2.24) is 0 Å². The van der Waals surface area contributed by atoms with Crippen LogP contribution in [0.4, 0.5) is 0 Å². The van der Waals surface area contributed by atoms with E-state index in [1.165, 1.54) is 24.3 Å². The Labute approximate surface area is 65.2 Å². The van der Waals surface area contributed by atoms with E-state index >= 15 is 0 Å². The Morgan fingerprint density at radius 1 is 1.36 bits per heavy atom. The van der Waals surface area contributed by atoms with Crippen LogP contribution in [0.1, 0.15) is 0 Å². The Morgan fingerprint density at radius 3 is 2.36 bits per heavy atom. The second kappa shape index (κ2) is 5.17. The van der Waals surface area contributed by atoms with Gasteiger partial charge in [0, 0.05) is 12.2 Å². The van der Waals surface area contributed by atoms with E-state index in [0.29, 0.717) is 0 Å². The molecule has 0 bridgehead atoms. The number of nitro groups is 1. The Morgan fingerprint density at radius 2 is 2.00 bits per heavy atom. The van der Waals surface area contributed by atoms with E-state index in [1.807, 2.05) is 0 Å². The lowest BCUT2D eigenvalue weighted by atomic mass is 10.3. The third-order valence-electron chi connectivity index (χ3n) is 0.934. The van der Waals surface area contributed by atoms with Crippen molar-refractivity contribution in [3.63, 3.8) is 0 Å². The fraction of sp³-hybridized carbons (Fsp3) is 0. The molecule has 3 nitrogen and oxygen atoms in total. The summed E-state index contributed by atoms with van der Waals surface area (Å²) in [5.74, 6) is 0. The van der Waals surface area contributed by atoms with Crippen molar-refractivity contribution in [3.05, 3.63) is 59.3 Å². The Hall–Kier alpha value is -1.64. The van der Waals surface area contributed by atoms with Crippen molar-refractivity contribution in [3.8, 4) is 0 Å². The zero-order chi connectivity index (χ0) is 8.69. The van der Waals surface area contributed by atoms with E-state index < -0.39 is 4.92 Å². The van der Waals surface area contributed by atoms with Crippen molar-refractivity contribution < 1.29 is 4.92 Å². The summed E-state index contributed by atoms with van der Waals surface area (Å²) < 4.78 is 0. The summed E-state index contributed by atoms with van der Waals surface area (Å²) in [7, 11) is 0. The van der Waals surface area contributed by atoms with Crippen LogP contribution < -0.4 is 0 Å². The molecule has 0 spiro atoms. The summed E-state index contributed by atoms with van der Waals surface area (Å²) in [6.45, 7) is 6.71. The smallest absolute Gasteiger partial charge is 0.258 e. The number of hydrogen-bond acceptors (Lipinski definition) is 2. The van der Waals surface area contributed by atoms with Gasteiger partial charge in [0.1, 0.15) is 0 Å². The minimum Gasteiger partial charge on any atom is -0.258 e. The van der Waals surface area contributed by atoms with Crippen molar-refractivity contribution in [2.24, 2.45) is 0 Å². The first-order valence-corrected chi connectivity index (χ1v) is 2.98. The molecule has 0 unspecified atom stereocenters. The molecule has 0 aromatic heterocycles. The van der Waals surface area contributed by atoms with Gasteiger partial charge < -0.3 is 0 Å². The fourth-order valence-corrected chi connectivity index (χ4v) is 0.436. The largest absolute Gasteiger partial charge is 0.268 e. The van der Waals surface area contributed by atoms with Crippen LogP contribution in [0.25, 0.3) is 0 Å². The predicted molar refractivity (Wildman–Crippen MR) is 44.6 cm³/mol. The van der Waals surface area contributed by atoms with Gasteiger partial charge in [-0.15, -0.1) is 0 Å². The van der Waals surface area contributed by atoms with E-state index in [1.54, 1.807) is 6.08 Å². The lowest BCUT2D eigenvalue weighted by Crippen LogP contribution is -1.93. The molecule has 0 aliphatic carbocycles. The van der Waals surface area contributed by atoms with Gasteiger partial charge in [-0.3, -0.25) is 10.1 Å². The minimum absolute atomic E-state index is 0.0249. The van der Waals surface area contributed by atoms with Crippen LogP contribution >= 0.6 is 0 Å². The summed E-state index contributed by atoms with van der Waals surface area (Å²) in [6.07, 6.45) is 7.22. The zero-order valence-electron chi connectivity index (χ0n) is 6.06. The Kier molecular flexibility index (Phi) is 4.40. The molecule has 0 aliphatic heterocycles. The molecule has 0 radical (unpaired) electrons. The van der Waals surface area contributed by atoms with Gasteiger partial charge in [-0.1, -0.05) is 31.4 Å². The second-order valence-electron chi connectivity index (χ2n) is 1.67. The van der Waals surface area contributed by atoms with Gasteiger partial charge in [-0.2, -0.15) is 0 Å². The summed E-state index contributed by atoms with van der Waals surface area (Å²) in [4.78, 5) is 9.63. The minimum atomic E-state index is -0.500. The molecule has 58 valence electrons. The van der Waals surface area contributed by atoms with Gasteiger partial charge in [0.15, 0.2) is 0 Å². The molecule has 0 saturated heterocycles. The molecule has 0 heterocycles. The first-order valence-electron chi connectivity index (χ1n) is 2.98. The highest BCUT2D eigenvalue weighted by Crippen LogP contribution is 1.96. The quantitative estimate of drug-likeness (QED) is 0.350. The van der Waals surface area contributed by atoms with Gasteiger partial charge >= 0.3 is 0 Å². The topological polar surface area (TPSA) is 43.1 Å². The highest BCUT2D eigenvalue weighted by atomic mass is 16.6. The lowest BCUT2D eigenvalue weighted by molar-refractivity contribution is -0.418. The van der Waals surface area contributed by atoms with E-state index in [2.05, 4.69) is 13.2 Å². The van der Waals surface area contributed by atoms with Gasteiger partial charge in [0.2, 0.25) is 0 Å². The molecule has 0 fully saturated rings. The first-order chi connectivity index (χ1) is 5.22. The number of allylic oxidation sites excluding steroid dienone is 5. The maximum Gasteiger partial charge on any atom is 0.268 e. The highest BCUT2D eigenvalue weighted by Gasteiger charge is 2.00. The molecule has 0 rings (SSSR count). The summed E-state index contributed by atoms with van der Waals surface area (Å²) in [5.41, 5.74) is -0.0249. The molecule has 0 aromatic carbocycles. The van der Waals surface area contributed by atoms with Crippen LogP contribution in [-0.4, -0.2) is 4.92 Å². The van der Waals surface area contributed by atoms with Gasteiger partial charge in [0.05, 0.1) is 4.92 Å². The Balaban J connectivity index is 4.35. The maximum absolute atomic E-state index is 10.1. The van der Waals surface area contributed by atoms with Crippen LogP contribution in [0.2, 0.25) is 0 Å². The molecule has 0 amide bonds. The second-order valence-corrected chi connectivity index (χ2v) is 1.67. The van der Waals surface area contributed by atoms with Crippen LogP contribution in [0.3, 0.4) is 0 Å². The molecule has 0 aliphatic rings. The van der Waals surface area contributed by atoms with Crippen LogP contribution in [-0.2, 0) is 0 Å². The summed E-state index contributed by atoms with van der Waals surface area (Å²) in [5, 5.41) is 10.1. The van der Waals surface area contributed by atoms with Gasteiger partial charge in [-0.05, 0) is 0 Å². The zero-order valence-corrected chi connectivity index (χ0v) is 6.06. The van der Waals surface area contributed by atoms with Crippen LogP contribution in [0.15, 0.2) is 49.2 Å². The normalized spacial score (nSPS) is 11.5. The molecule has 3 heteroatoms. The molecular weight excluding hydrogens is 142 g/mol. The van der Waals surface area contributed by atoms with Crippen LogP contribution in [0.5, 0.6) is 0 Å². The molecule has 0 aromatic rings. The van der Waals surface area contributed by atoms with Crippen molar-refractivity contribution in [2.45, 2.75) is 0 Å². The van der Waals surface area contributed by atoms with E-state index in [0.717, 1.165) is 0 Å². The molecule has 0 atom stereocenters. The average Bonchev–Trinajstić information content (AvgIpc) is 1.97. The molecule has 0 N–H and O–H groups in total. The number of hydrogen-bond donors (Lipinski definition) is 0. The SMILES string of the molecule is C=C/C=C/C=C(\C=C)[N+](=O)[O-]. The average molecular weight is 151 g/mol. The number of nitrogens with zero attached hydrogens (tertiary/aromatic N) is 1. The summed E-state index contributed by atoms with van der Waals surface area (Å²) >= 11 is 0. The van der Waals surface area contributed by atoms with Crippen molar-refractivity contribution in [1.29, 1.82) is 0 Å². The highest BCUT2D eigenvalue weighted by molar-refractivity contribution is 5.17.